The number of thiazole rings is 1. The second-order valence-electron chi connectivity index (χ2n) is 7.77. The molecule has 8 heteroatoms. The quantitative estimate of drug-likeness (QED) is 0.509. The minimum atomic E-state index is -0.721. The molecule has 0 saturated carbocycles. The van der Waals surface area contributed by atoms with Crippen molar-refractivity contribution in [3.05, 3.63) is 90.1 Å². The van der Waals surface area contributed by atoms with Crippen molar-refractivity contribution in [3.8, 4) is 11.5 Å². The average Bonchev–Trinajstić information content (AvgIpc) is 3.13. The lowest BCUT2D eigenvalue weighted by Gasteiger charge is -2.25. The largest absolute Gasteiger partial charge is 0.496 e. The molecule has 0 saturated heterocycles. The zero-order chi connectivity index (χ0) is 24.4. The minimum Gasteiger partial charge on any atom is -0.496 e. The molecular formula is C26H26N2O5S. The van der Waals surface area contributed by atoms with Crippen LogP contribution in [0.4, 0.5) is 0 Å². The van der Waals surface area contributed by atoms with E-state index in [9.17, 15) is 9.59 Å². The molecule has 0 aliphatic carbocycles. The molecule has 1 aliphatic rings. The Morgan fingerprint density at radius 2 is 1.85 bits per heavy atom. The molecule has 4 rings (SSSR count). The van der Waals surface area contributed by atoms with Crippen molar-refractivity contribution in [1.82, 2.24) is 4.57 Å². The number of benzene rings is 2. The Labute approximate surface area is 201 Å². The topological polar surface area (TPSA) is 79.1 Å². The Balaban J connectivity index is 1.97. The van der Waals surface area contributed by atoms with Crippen LogP contribution < -0.4 is 24.4 Å². The summed E-state index contributed by atoms with van der Waals surface area (Å²) in [4.78, 5) is 31.8. The first kappa shape index (κ1) is 23.5. The second-order valence-corrected chi connectivity index (χ2v) is 8.78. The van der Waals surface area contributed by atoms with Gasteiger partial charge in [-0.25, -0.2) is 9.79 Å². The Morgan fingerprint density at radius 1 is 1.12 bits per heavy atom. The number of para-hydroxylation sites is 1. The number of methoxy groups -OCH3 is 2. The minimum absolute atomic E-state index is 0.216. The lowest BCUT2D eigenvalue weighted by atomic mass is 9.95. The van der Waals surface area contributed by atoms with E-state index in [-0.39, 0.29) is 12.2 Å². The first-order valence-electron chi connectivity index (χ1n) is 10.9. The number of carbonyl (C=O) groups excluding carboxylic acids is 1. The van der Waals surface area contributed by atoms with Crippen molar-refractivity contribution in [3.63, 3.8) is 0 Å². The van der Waals surface area contributed by atoms with Gasteiger partial charge in [0.25, 0.3) is 5.56 Å². The van der Waals surface area contributed by atoms with Gasteiger partial charge in [0.05, 0.1) is 36.6 Å². The fourth-order valence-electron chi connectivity index (χ4n) is 4.06. The molecule has 0 unspecified atom stereocenters. The van der Waals surface area contributed by atoms with Crippen LogP contribution in [0.5, 0.6) is 11.5 Å². The highest BCUT2D eigenvalue weighted by Gasteiger charge is 2.34. The van der Waals surface area contributed by atoms with Crippen LogP contribution in [0.1, 0.15) is 36.6 Å². The highest BCUT2D eigenvalue weighted by molar-refractivity contribution is 7.07. The van der Waals surface area contributed by atoms with Crippen molar-refractivity contribution in [2.45, 2.75) is 26.8 Å². The van der Waals surface area contributed by atoms with E-state index >= 15 is 0 Å². The van der Waals surface area contributed by atoms with Crippen LogP contribution >= 0.6 is 11.3 Å². The second kappa shape index (κ2) is 9.69. The van der Waals surface area contributed by atoms with Crippen LogP contribution in [0.25, 0.3) is 6.08 Å². The van der Waals surface area contributed by atoms with Crippen LogP contribution in [0, 0.1) is 6.92 Å². The van der Waals surface area contributed by atoms with Gasteiger partial charge in [-0.05, 0) is 50.1 Å². The first-order valence-corrected chi connectivity index (χ1v) is 11.7. The summed E-state index contributed by atoms with van der Waals surface area (Å²) >= 11 is 1.28. The van der Waals surface area contributed by atoms with Crippen LogP contribution in [0.3, 0.4) is 0 Å². The van der Waals surface area contributed by atoms with Gasteiger partial charge in [-0.3, -0.25) is 9.36 Å². The monoisotopic (exact) mass is 478 g/mol. The molecule has 2 aromatic carbocycles. The van der Waals surface area contributed by atoms with E-state index in [1.165, 1.54) is 11.3 Å². The molecule has 3 aromatic rings. The SMILES string of the molecule is CCOC(=O)C1=C(C)N=c2s/c(=C\c3ccc(C)c(OC)c3)c(=O)n2[C@H]1c1ccccc1OC. The number of ether oxygens (including phenoxy) is 3. The molecule has 0 amide bonds. The van der Waals surface area contributed by atoms with Crippen molar-refractivity contribution >= 4 is 23.4 Å². The van der Waals surface area contributed by atoms with Crippen LogP contribution in [-0.2, 0) is 9.53 Å². The number of aromatic nitrogens is 1. The molecule has 0 fully saturated rings. The Kier molecular flexibility index (Phi) is 6.70. The molecule has 0 N–H and O–H groups in total. The summed E-state index contributed by atoms with van der Waals surface area (Å²) in [5.41, 5.74) is 3.12. The summed E-state index contributed by atoms with van der Waals surface area (Å²) in [5.74, 6) is 0.813. The van der Waals surface area contributed by atoms with Gasteiger partial charge in [-0.15, -0.1) is 0 Å². The lowest BCUT2D eigenvalue weighted by molar-refractivity contribution is -0.139. The van der Waals surface area contributed by atoms with Gasteiger partial charge in [0.15, 0.2) is 4.80 Å². The van der Waals surface area contributed by atoms with E-state index in [0.717, 1.165) is 16.9 Å². The highest BCUT2D eigenvalue weighted by Crippen LogP contribution is 2.35. The van der Waals surface area contributed by atoms with E-state index in [4.69, 9.17) is 14.2 Å². The maximum Gasteiger partial charge on any atom is 0.338 e. The lowest BCUT2D eigenvalue weighted by Crippen LogP contribution is -2.40. The summed E-state index contributed by atoms with van der Waals surface area (Å²) in [5, 5.41) is 0. The van der Waals surface area contributed by atoms with E-state index in [1.807, 2.05) is 55.5 Å². The first-order chi connectivity index (χ1) is 16.4. The molecule has 1 aliphatic heterocycles. The summed E-state index contributed by atoms with van der Waals surface area (Å²) in [6, 6.07) is 12.4. The molecule has 7 nitrogen and oxygen atoms in total. The number of aryl methyl sites for hydroxylation is 1. The van der Waals surface area contributed by atoms with Gasteiger partial charge in [0.2, 0.25) is 0 Å². The maximum absolute atomic E-state index is 13.7. The number of hydrogen-bond acceptors (Lipinski definition) is 7. The highest BCUT2D eigenvalue weighted by atomic mass is 32.1. The van der Waals surface area contributed by atoms with Gasteiger partial charge < -0.3 is 14.2 Å². The van der Waals surface area contributed by atoms with Gasteiger partial charge in [-0.1, -0.05) is 41.7 Å². The van der Waals surface area contributed by atoms with Crippen molar-refractivity contribution in [1.29, 1.82) is 0 Å². The number of allylic oxidation sites excluding steroid dienone is 1. The Hall–Kier alpha value is -3.65. The molecule has 176 valence electrons. The molecule has 0 spiro atoms. The van der Waals surface area contributed by atoms with Crippen LogP contribution in [0.2, 0.25) is 0 Å². The van der Waals surface area contributed by atoms with E-state index in [0.29, 0.717) is 31.9 Å². The number of fused-ring (bicyclic) bond motifs is 1. The number of rotatable bonds is 6. The van der Waals surface area contributed by atoms with E-state index in [2.05, 4.69) is 4.99 Å². The number of carbonyl (C=O) groups is 1. The normalized spacial score (nSPS) is 15.6. The van der Waals surface area contributed by atoms with Crippen molar-refractivity contribution < 1.29 is 19.0 Å². The molecular weight excluding hydrogens is 452 g/mol. The van der Waals surface area contributed by atoms with Crippen molar-refractivity contribution in [2.24, 2.45) is 4.99 Å². The number of esters is 1. The van der Waals surface area contributed by atoms with Crippen LogP contribution in [-0.4, -0.2) is 31.4 Å². The fourth-order valence-corrected chi connectivity index (χ4v) is 5.10. The summed E-state index contributed by atoms with van der Waals surface area (Å²) in [6.07, 6.45) is 1.81. The maximum atomic E-state index is 13.7. The standard InChI is InChI=1S/C26H26N2O5S/c1-6-33-25(30)22-16(3)27-26-28(23(22)18-9-7-8-10-19(18)31-4)24(29)21(34-26)14-17-12-11-15(2)20(13-17)32-5/h7-14,23H,6H2,1-5H3/b21-14-/t23-/m0/s1. The van der Waals surface area contributed by atoms with Gasteiger partial charge in [-0.2, -0.15) is 0 Å². The summed E-state index contributed by atoms with van der Waals surface area (Å²) in [7, 11) is 3.18. The zero-order valence-electron chi connectivity index (χ0n) is 19.7. The Bertz CT molecular complexity index is 1470. The molecule has 0 bridgehead atoms. The molecule has 1 atom stereocenters. The molecule has 1 aromatic heterocycles. The predicted molar refractivity (Wildman–Crippen MR) is 131 cm³/mol. The summed E-state index contributed by atoms with van der Waals surface area (Å²) in [6.45, 7) is 5.69. The van der Waals surface area contributed by atoms with Gasteiger partial charge in [0, 0.05) is 5.56 Å². The number of hydrogen-bond donors (Lipinski definition) is 0. The third-order valence-electron chi connectivity index (χ3n) is 5.68. The van der Waals surface area contributed by atoms with E-state index in [1.54, 1.807) is 32.6 Å². The third kappa shape index (κ3) is 4.17. The molecule has 34 heavy (non-hydrogen) atoms. The average molecular weight is 479 g/mol. The van der Waals surface area contributed by atoms with Crippen LogP contribution in [0.15, 0.2) is 63.5 Å². The fraction of sp³-hybridized carbons (Fsp3) is 0.269. The Morgan fingerprint density at radius 3 is 2.56 bits per heavy atom. The third-order valence-corrected chi connectivity index (χ3v) is 6.66. The van der Waals surface area contributed by atoms with Crippen molar-refractivity contribution in [2.75, 3.05) is 20.8 Å². The zero-order valence-corrected chi connectivity index (χ0v) is 20.6. The smallest absolute Gasteiger partial charge is 0.338 e. The van der Waals surface area contributed by atoms with Gasteiger partial charge in [0.1, 0.15) is 17.5 Å². The molecule has 2 heterocycles. The predicted octanol–water partition coefficient (Wildman–Crippen LogP) is 3.12. The van der Waals surface area contributed by atoms with E-state index < -0.39 is 12.0 Å². The summed E-state index contributed by atoms with van der Waals surface area (Å²) < 4.78 is 18.4. The molecule has 0 radical (unpaired) electrons. The number of nitrogens with zero attached hydrogens (tertiary/aromatic N) is 2. The van der Waals surface area contributed by atoms with Gasteiger partial charge >= 0.3 is 5.97 Å².